The van der Waals surface area contributed by atoms with Crippen LogP contribution in [0.15, 0.2) is 11.6 Å². The van der Waals surface area contributed by atoms with Crippen molar-refractivity contribution in [3.63, 3.8) is 0 Å². The second-order valence-corrected chi connectivity index (χ2v) is 6.88. The molecule has 0 saturated carbocycles. The van der Waals surface area contributed by atoms with Crippen molar-refractivity contribution in [1.82, 2.24) is 10.2 Å². The van der Waals surface area contributed by atoms with Gasteiger partial charge in [-0.25, -0.2) is 0 Å². The summed E-state index contributed by atoms with van der Waals surface area (Å²) in [5, 5.41) is 3.50. The summed E-state index contributed by atoms with van der Waals surface area (Å²) >= 11 is 0. The predicted octanol–water partition coefficient (Wildman–Crippen LogP) is 2.52. The predicted molar refractivity (Wildman–Crippen MR) is 74.1 cm³/mol. The standard InChI is InChI=1S/C15H28N2/c1-12-9-16-10-13(12)11-17-7-5-14(6-8-17)15(2,3)4/h5,12-13,16H,6-11H2,1-4H3/t12-,13+/m1/s1. The summed E-state index contributed by atoms with van der Waals surface area (Å²) in [6.07, 6.45) is 3.73. The normalized spacial score (nSPS) is 31.6. The lowest BCUT2D eigenvalue weighted by Gasteiger charge is -2.33. The summed E-state index contributed by atoms with van der Waals surface area (Å²) in [5.74, 6) is 1.71. The molecule has 0 bridgehead atoms. The molecule has 1 N–H and O–H groups in total. The molecular formula is C15H28N2. The second kappa shape index (κ2) is 5.11. The van der Waals surface area contributed by atoms with E-state index >= 15 is 0 Å². The minimum Gasteiger partial charge on any atom is -0.316 e. The molecule has 17 heavy (non-hydrogen) atoms. The van der Waals surface area contributed by atoms with Crippen molar-refractivity contribution in [1.29, 1.82) is 0 Å². The van der Waals surface area contributed by atoms with E-state index in [-0.39, 0.29) is 0 Å². The maximum absolute atomic E-state index is 3.50. The van der Waals surface area contributed by atoms with Gasteiger partial charge in [-0.2, -0.15) is 0 Å². The molecule has 2 aliphatic heterocycles. The minimum atomic E-state index is 0.369. The van der Waals surface area contributed by atoms with E-state index < -0.39 is 0 Å². The van der Waals surface area contributed by atoms with Crippen molar-refractivity contribution < 1.29 is 0 Å². The first-order valence-corrected chi connectivity index (χ1v) is 7.09. The average molecular weight is 236 g/mol. The molecule has 2 heteroatoms. The molecule has 0 unspecified atom stereocenters. The van der Waals surface area contributed by atoms with Crippen LogP contribution in [0, 0.1) is 17.3 Å². The Morgan fingerprint density at radius 2 is 2.12 bits per heavy atom. The van der Waals surface area contributed by atoms with Crippen LogP contribution in [-0.4, -0.2) is 37.6 Å². The van der Waals surface area contributed by atoms with Gasteiger partial charge in [-0.05, 0) is 36.8 Å². The van der Waals surface area contributed by atoms with Crippen LogP contribution in [-0.2, 0) is 0 Å². The number of nitrogens with zero attached hydrogens (tertiary/aromatic N) is 1. The molecule has 2 nitrogen and oxygen atoms in total. The SMILES string of the molecule is C[C@@H]1CNC[C@H]1CN1CC=C(C(C)(C)C)CC1. The van der Waals surface area contributed by atoms with Crippen LogP contribution >= 0.6 is 0 Å². The first kappa shape index (κ1) is 13.1. The number of hydrogen-bond acceptors (Lipinski definition) is 2. The van der Waals surface area contributed by atoms with Crippen LogP contribution in [0.4, 0.5) is 0 Å². The fourth-order valence-corrected chi connectivity index (χ4v) is 3.00. The average Bonchev–Trinajstić information content (AvgIpc) is 2.64. The van der Waals surface area contributed by atoms with Gasteiger partial charge in [0.05, 0.1) is 0 Å². The molecule has 2 rings (SSSR count). The summed E-state index contributed by atoms with van der Waals surface area (Å²) in [7, 11) is 0. The van der Waals surface area contributed by atoms with Crippen LogP contribution in [0.2, 0.25) is 0 Å². The van der Waals surface area contributed by atoms with Gasteiger partial charge in [0.15, 0.2) is 0 Å². The number of hydrogen-bond donors (Lipinski definition) is 1. The van der Waals surface area contributed by atoms with Crippen molar-refractivity contribution in [2.24, 2.45) is 17.3 Å². The fourth-order valence-electron chi connectivity index (χ4n) is 3.00. The molecule has 0 spiro atoms. The highest BCUT2D eigenvalue weighted by molar-refractivity contribution is 5.14. The zero-order valence-electron chi connectivity index (χ0n) is 11.9. The maximum Gasteiger partial charge on any atom is 0.0166 e. The monoisotopic (exact) mass is 236 g/mol. The third-order valence-electron chi connectivity index (χ3n) is 4.43. The zero-order chi connectivity index (χ0) is 12.5. The Morgan fingerprint density at radius 1 is 1.35 bits per heavy atom. The van der Waals surface area contributed by atoms with Crippen LogP contribution in [0.5, 0.6) is 0 Å². The van der Waals surface area contributed by atoms with E-state index in [2.05, 4.69) is 44.0 Å². The van der Waals surface area contributed by atoms with Crippen LogP contribution in [0.3, 0.4) is 0 Å². The molecule has 2 aliphatic rings. The van der Waals surface area contributed by atoms with Crippen LogP contribution in [0.1, 0.15) is 34.1 Å². The summed E-state index contributed by atoms with van der Waals surface area (Å²) in [6, 6.07) is 0. The molecule has 2 atom stereocenters. The van der Waals surface area contributed by atoms with Gasteiger partial charge in [0.2, 0.25) is 0 Å². The minimum absolute atomic E-state index is 0.369. The van der Waals surface area contributed by atoms with Gasteiger partial charge in [-0.1, -0.05) is 39.3 Å². The third kappa shape index (κ3) is 3.32. The van der Waals surface area contributed by atoms with Crippen LogP contribution < -0.4 is 5.32 Å². The first-order valence-electron chi connectivity index (χ1n) is 7.09. The topological polar surface area (TPSA) is 15.3 Å². The molecule has 98 valence electrons. The Kier molecular flexibility index (Phi) is 3.94. The van der Waals surface area contributed by atoms with Gasteiger partial charge in [-0.15, -0.1) is 0 Å². The quantitative estimate of drug-likeness (QED) is 0.741. The molecule has 1 saturated heterocycles. The van der Waals surface area contributed by atoms with Crippen molar-refractivity contribution >= 4 is 0 Å². The fraction of sp³-hybridized carbons (Fsp3) is 0.867. The summed E-state index contributed by atoms with van der Waals surface area (Å²) in [6.45, 7) is 15.5. The van der Waals surface area contributed by atoms with Crippen molar-refractivity contribution in [3.8, 4) is 0 Å². The van der Waals surface area contributed by atoms with E-state index in [1.165, 1.54) is 32.6 Å². The Labute approximate surface area is 106 Å². The van der Waals surface area contributed by atoms with E-state index in [1.54, 1.807) is 5.57 Å². The highest BCUT2D eigenvalue weighted by atomic mass is 15.1. The first-order chi connectivity index (χ1) is 7.97. The maximum atomic E-state index is 3.50. The van der Waals surface area contributed by atoms with E-state index in [9.17, 15) is 0 Å². The van der Waals surface area contributed by atoms with Crippen LogP contribution in [0.25, 0.3) is 0 Å². The van der Waals surface area contributed by atoms with Gasteiger partial charge in [0.25, 0.3) is 0 Å². The van der Waals surface area contributed by atoms with E-state index in [1.807, 2.05) is 0 Å². The van der Waals surface area contributed by atoms with Gasteiger partial charge in [0, 0.05) is 19.6 Å². The molecule has 0 aliphatic carbocycles. The van der Waals surface area contributed by atoms with E-state index in [4.69, 9.17) is 0 Å². The molecule has 0 aromatic rings. The lowest BCUT2D eigenvalue weighted by Crippen LogP contribution is -2.36. The van der Waals surface area contributed by atoms with E-state index in [0.29, 0.717) is 5.41 Å². The Bertz CT molecular complexity index is 288. The van der Waals surface area contributed by atoms with E-state index in [0.717, 1.165) is 18.4 Å². The van der Waals surface area contributed by atoms with Gasteiger partial charge in [-0.3, -0.25) is 4.90 Å². The summed E-state index contributed by atoms with van der Waals surface area (Å²) in [4.78, 5) is 2.63. The lowest BCUT2D eigenvalue weighted by atomic mass is 9.83. The molecule has 0 amide bonds. The van der Waals surface area contributed by atoms with Crippen molar-refractivity contribution in [2.45, 2.75) is 34.1 Å². The Balaban J connectivity index is 1.85. The molecule has 0 aromatic carbocycles. The van der Waals surface area contributed by atoms with Gasteiger partial charge < -0.3 is 5.32 Å². The Hall–Kier alpha value is -0.340. The van der Waals surface area contributed by atoms with Crippen molar-refractivity contribution in [2.75, 3.05) is 32.7 Å². The highest BCUT2D eigenvalue weighted by Gasteiger charge is 2.27. The second-order valence-electron chi connectivity index (χ2n) is 6.88. The number of rotatable bonds is 2. The largest absolute Gasteiger partial charge is 0.316 e. The third-order valence-corrected chi connectivity index (χ3v) is 4.43. The zero-order valence-corrected chi connectivity index (χ0v) is 11.9. The molecular weight excluding hydrogens is 208 g/mol. The van der Waals surface area contributed by atoms with Crippen molar-refractivity contribution in [3.05, 3.63) is 11.6 Å². The summed E-state index contributed by atoms with van der Waals surface area (Å²) in [5.41, 5.74) is 2.01. The summed E-state index contributed by atoms with van der Waals surface area (Å²) < 4.78 is 0. The smallest absolute Gasteiger partial charge is 0.0166 e. The number of nitrogens with one attached hydrogen (secondary N) is 1. The highest BCUT2D eigenvalue weighted by Crippen LogP contribution is 2.30. The molecule has 0 aromatic heterocycles. The Morgan fingerprint density at radius 3 is 2.59 bits per heavy atom. The van der Waals surface area contributed by atoms with Gasteiger partial charge >= 0.3 is 0 Å². The molecule has 2 heterocycles. The molecule has 0 radical (unpaired) electrons. The lowest BCUT2D eigenvalue weighted by molar-refractivity contribution is 0.224. The molecule has 1 fully saturated rings. The van der Waals surface area contributed by atoms with Gasteiger partial charge in [0.1, 0.15) is 0 Å².